The average Bonchev–Trinajstić information content (AvgIpc) is 3.16. The summed E-state index contributed by atoms with van der Waals surface area (Å²) >= 11 is 3.51. The SMILES string of the molecule is Cc1cc(C(=O)c2[nH]nc3c2C2(CCNCC2)Oc2cccc(C)c2-3)ccc1Br. The second-order valence-electron chi connectivity index (χ2n) is 7.91. The summed E-state index contributed by atoms with van der Waals surface area (Å²) in [5, 5.41) is 11.1. The number of rotatable bonds is 2. The van der Waals surface area contributed by atoms with Gasteiger partial charge in [-0.15, -0.1) is 0 Å². The molecule has 0 radical (unpaired) electrons. The maximum Gasteiger partial charge on any atom is 0.211 e. The van der Waals surface area contributed by atoms with Gasteiger partial charge in [-0.2, -0.15) is 5.10 Å². The standard InChI is InChI=1S/C23H22BrN3O2/c1-13-4-3-5-17-18(13)20-19(23(29-17)8-10-25-11-9-23)21(27-26-20)22(28)15-6-7-16(24)14(2)12-15/h3-7,12,25H,8-11H2,1-2H3,(H,26,27). The minimum Gasteiger partial charge on any atom is -0.482 e. The number of ether oxygens (including phenoxy) is 1. The molecule has 0 unspecified atom stereocenters. The van der Waals surface area contributed by atoms with Crippen molar-refractivity contribution in [3.05, 3.63) is 68.8 Å². The van der Waals surface area contributed by atoms with Crippen molar-refractivity contribution in [3.63, 3.8) is 0 Å². The van der Waals surface area contributed by atoms with Gasteiger partial charge in [0.1, 0.15) is 22.7 Å². The number of benzene rings is 2. The van der Waals surface area contributed by atoms with Crippen LogP contribution in [0.25, 0.3) is 11.3 Å². The van der Waals surface area contributed by atoms with Crippen LogP contribution in [-0.2, 0) is 5.60 Å². The Morgan fingerprint density at radius 2 is 1.93 bits per heavy atom. The highest BCUT2D eigenvalue weighted by atomic mass is 79.9. The number of ketones is 1. The van der Waals surface area contributed by atoms with E-state index in [1.807, 2.05) is 37.3 Å². The summed E-state index contributed by atoms with van der Waals surface area (Å²) in [4.78, 5) is 13.5. The number of piperidine rings is 1. The van der Waals surface area contributed by atoms with Crippen LogP contribution in [0.2, 0.25) is 0 Å². The highest BCUT2D eigenvalue weighted by Crippen LogP contribution is 2.50. The van der Waals surface area contributed by atoms with Crippen molar-refractivity contribution in [2.24, 2.45) is 0 Å². The maximum absolute atomic E-state index is 13.5. The van der Waals surface area contributed by atoms with Crippen LogP contribution in [0.5, 0.6) is 5.75 Å². The second kappa shape index (κ2) is 6.82. The van der Waals surface area contributed by atoms with E-state index >= 15 is 0 Å². The molecule has 0 aliphatic carbocycles. The molecule has 2 aromatic carbocycles. The largest absolute Gasteiger partial charge is 0.482 e. The third-order valence-corrected chi connectivity index (χ3v) is 6.95. The fourth-order valence-electron chi connectivity index (χ4n) is 4.53. The summed E-state index contributed by atoms with van der Waals surface area (Å²) in [5.41, 5.74) is 5.51. The van der Waals surface area contributed by atoms with Gasteiger partial charge >= 0.3 is 0 Å². The molecule has 148 valence electrons. The van der Waals surface area contributed by atoms with Gasteiger partial charge in [0.15, 0.2) is 0 Å². The summed E-state index contributed by atoms with van der Waals surface area (Å²) in [6, 6.07) is 11.8. The number of halogens is 1. The Hall–Kier alpha value is -2.44. The number of aromatic amines is 1. The van der Waals surface area contributed by atoms with Crippen LogP contribution < -0.4 is 10.1 Å². The predicted octanol–water partition coefficient (Wildman–Crippen LogP) is 4.66. The number of hydrogen-bond acceptors (Lipinski definition) is 4. The molecule has 2 aliphatic heterocycles. The molecule has 1 aromatic heterocycles. The van der Waals surface area contributed by atoms with Gasteiger partial charge in [-0.1, -0.05) is 28.1 Å². The highest BCUT2D eigenvalue weighted by molar-refractivity contribution is 9.10. The Labute approximate surface area is 178 Å². The van der Waals surface area contributed by atoms with Crippen LogP contribution >= 0.6 is 15.9 Å². The topological polar surface area (TPSA) is 67.0 Å². The number of fused-ring (bicyclic) bond motifs is 4. The number of carbonyl (C=O) groups is 1. The molecular formula is C23H22BrN3O2. The number of aryl methyl sites for hydroxylation is 2. The number of nitrogens with one attached hydrogen (secondary N) is 2. The number of carbonyl (C=O) groups excluding carboxylic acids is 1. The summed E-state index contributed by atoms with van der Waals surface area (Å²) in [6.45, 7) is 5.73. The van der Waals surface area contributed by atoms with Crippen LogP contribution in [0.15, 0.2) is 40.9 Å². The molecule has 1 spiro atoms. The zero-order valence-electron chi connectivity index (χ0n) is 16.4. The summed E-state index contributed by atoms with van der Waals surface area (Å²) in [7, 11) is 0. The van der Waals surface area contributed by atoms with Crippen LogP contribution in [0.3, 0.4) is 0 Å². The van der Waals surface area contributed by atoms with Gasteiger partial charge < -0.3 is 10.1 Å². The van der Waals surface area contributed by atoms with Crippen LogP contribution in [0.4, 0.5) is 0 Å². The van der Waals surface area contributed by atoms with Crippen molar-refractivity contribution in [2.45, 2.75) is 32.3 Å². The summed E-state index contributed by atoms with van der Waals surface area (Å²) in [6.07, 6.45) is 1.60. The average molecular weight is 452 g/mol. The van der Waals surface area contributed by atoms with E-state index in [4.69, 9.17) is 4.74 Å². The predicted molar refractivity (Wildman–Crippen MR) is 115 cm³/mol. The van der Waals surface area contributed by atoms with Crippen molar-refractivity contribution >= 4 is 21.7 Å². The van der Waals surface area contributed by atoms with E-state index in [1.165, 1.54) is 0 Å². The molecule has 6 heteroatoms. The molecule has 2 N–H and O–H groups in total. The molecule has 2 aliphatic rings. The van der Waals surface area contributed by atoms with Crippen molar-refractivity contribution in [1.82, 2.24) is 15.5 Å². The number of nitrogens with zero attached hydrogens (tertiary/aromatic N) is 1. The Morgan fingerprint density at radius 3 is 2.69 bits per heavy atom. The number of hydrogen-bond donors (Lipinski definition) is 2. The fraction of sp³-hybridized carbons (Fsp3) is 0.304. The van der Waals surface area contributed by atoms with Gasteiger partial charge in [0.05, 0.1) is 5.56 Å². The summed E-state index contributed by atoms with van der Waals surface area (Å²) in [5.74, 6) is 0.803. The molecule has 5 rings (SSSR count). The molecule has 0 atom stereocenters. The lowest BCUT2D eigenvalue weighted by Gasteiger charge is -2.42. The number of aromatic nitrogens is 2. The first-order valence-corrected chi connectivity index (χ1v) is 10.7. The monoisotopic (exact) mass is 451 g/mol. The van der Waals surface area contributed by atoms with Crippen molar-refractivity contribution in [2.75, 3.05) is 13.1 Å². The molecule has 3 aromatic rings. The molecule has 29 heavy (non-hydrogen) atoms. The molecule has 1 fully saturated rings. The van der Waals surface area contributed by atoms with Gasteiger partial charge in [-0.3, -0.25) is 9.89 Å². The first-order valence-electron chi connectivity index (χ1n) is 9.89. The molecule has 1 saturated heterocycles. The third-order valence-electron chi connectivity index (χ3n) is 6.06. The molecule has 5 nitrogen and oxygen atoms in total. The van der Waals surface area contributed by atoms with E-state index in [1.54, 1.807) is 0 Å². The lowest BCUT2D eigenvalue weighted by Crippen LogP contribution is -2.46. The molecule has 0 amide bonds. The van der Waals surface area contributed by atoms with E-state index in [0.29, 0.717) is 11.3 Å². The summed E-state index contributed by atoms with van der Waals surface area (Å²) < 4.78 is 7.63. The Balaban J connectivity index is 1.71. The zero-order valence-corrected chi connectivity index (χ0v) is 18.0. The highest BCUT2D eigenvalue weighted by Gasteiger charge is 2.46. The zero-order chi connectivity index (χ0) is 20.2. The number of H-pyrrole nitrogens is 1. The normalized spacial score (nSPS) is 16.8. The van der Waals surface area contributed by atoms with E-state index in [0.717, 1.165) is 64.1 Å². The van der Waals surface area contributed by atoms with Gasteiger partial charge in [0.25, 0.3) is 0 Å². The molecular weight excluding hydrogens is 430 g/mol. The first-order chi connectivity index (χ1) is 14.0. The van der Waals surface area contributed by atoms with Gasteiger partial charge in [0, 0.05) is 28.4 Å². The Morgan fingerprint density at radius 1 is 1.14 bits per heavy atom. The van der Waals surface area contributed by atoms with Crippen molar-refractivity contribution in [1.29, 1.82) is 0 Å². The second-order valence-corrected chi connectivity index (χ2v) is 8.76. The van der Waals surface area contributed by atoms with Crippen molar-refractivity contribution < 1.29 is 9.53 Å². The lowest BCUT2D eigenvalue weighted by molar-refractivity contribution is 0.0298. The maximum atomic E-state index is 13.5. The molecule has 3 heterocycles. The third kappa shape index (κ3) is 2.85. The van der Waals surface area contributed by atoms with Crippen LogP contribution in [0, 0.1) is 13.8 Å². The molecule has 0 bridgehead atoms. The first kappa shape index (κ1) is 18.6. The fourth-order valence-corrected chi connectivity index (χ4v) is 4.78. The minimum absolute atomic E-state index is 0.0482. The van der Waals surface area contributed by atoms with Gasteiger partial charge in [0.2, 0.25) is 5.78 Å². The Bertz CT molecular complexity index is 1130. The Kier molecular flexibility index (Phi) is 4.37. The molecule has 0 saturated carbocycles. The lowest BCUT2D eigenvalue weighted by atomic mass is 9.78. The van der Waals surface area contributed by atoms with E-state index in [9.17, 15) is 4.79 Å². The van der Waals surface area contributed by atoms with E-state index < -0.39 is 5.60 Å². The van der Waals surface area contributed by atoms with Crippen molar-refractivity contribution in [3.8, 4) is 17.0 Å². The van der Waals surface area contributed by atoms with Crippen LogP contribution in [0.1, 0.15) is 45.6 Å². The van der Waals surface area contributed by atoms with Gasteiger partial charge in [-0.05, 0) is 62.3 Å². The van der Waals surface area contributed by atoms with E-state index in [-0.39, 0.29) is 5.78 Å². The quantitative estimate of drug-likeness (QED) is 0.556. The minimum atomic E-state index is -0.538. The van der Waals surface area contributed by atoms with E-state index in [2.05, 4.69) is 44.4 Å². The van der Waals surface area contributed by atoms with Gasteiger partial charge in [-0.25, -0.2) is 0 Å². The van der Waals surface area contributed by atoms with Crippen LogP contribution in [-0.4, -0.2) is 29.1 Å². The smallest absolute Gasteiger partial charge is 0.211 e.